The molecule has 4 heteroatoms. The van der Waals surface area contributed by atoms with Crippen molar-refractivity contribution in [3.05, 3.63) is 0 Å². The van der Waals surface area contributed by atoms with E-state index >= 15 is 0 Å². The Morgan fingerprint density at radius 1 is 1.43 bits per heavy atom. The fraction of sp³-hybridized carbons (Fsp3) is 0.900. The molecule has 0 aromatic rings. The van der Waals surface area contributed by atoms with Gasteiger partial charge in [0, 0.05) is 6.54 Å². The topological polar surface area (TPSA) is 78.3 Å². The van der Waals surface area contributed by atoms with Gasteiger partial charge in [0.15, 0.2) is 0 Å². The van der Waals surface area contributed by atoms with Crippen LogP contribution in [0.2, 0.25) is 0 Å². The molecular formula is C10H22N2O2. The Bertz CT molecular complexity index is 153. The summed E-state index contributed by atoms with van der Waals surface area (Å²) in [5.41, 5.74) is 11.3. The summed E-state index contributed by atoms with van der Waals surface area (Å²) in [5.74, 6) is 1.37. The quantitative estimate of drug-likeness (QED) is 0.683. The zero-order chi connectivity index (χ0) is 11.1. The molecule has 3 atom stereocenters. The Balaban J connectivity index is 0.000000791. The first-order chi connectivity index (χ1) is 6.63. The van der Waals surface area contributed by atoms with E-state index in [0.29, 0.717) is 18.4 Å². The Kier molecular flexibility index (Phi) is 6.70. The van der Waals surface area contributed by atoms with E-state index in [1.807, 2.05) is 6.79 Å². The van der Waals surface area contributed by atoms with Gasteiger partial charge in [-0.25, -0.2) is 0 Å². The van der Waals surface area contributed by atoms with Gasteiger partial charge < -0.3 is 21.0 Å². The first-order valence-electron chi connectivity index (χ1n) is 5.03. The second kappa shape index (κ2) is 6.92. The highest BCUT2D eigenvalue weighted by Crippen LogP contribution is 2.28. The molecule has 0 saturated carbocycles. The molecule has 0 aromatic heterocycles. The summed E-state index contributed by atoms with van der Waals surface area (Å²) in [6.07, 6.45) is 2.14. The maximum absolute atomic E-state index is 8.00. The van der Waals surface area contributed by atoms with E-state index in [4.69, 9.17) is 21.0 Å². The number of carbonyl (C=O) groups excluding carboxylic acids is 1. The highest BCUT2D eigenvalue weighted by atomic mass is 16.5. The minimum absolute atomic E-state index is 0.0975. The van der Waals surface area contributed by atoms with Crippen LogP contribution in [0.1, 0.15) is 26.7 Å². The molecule has 4 N–H and O–H groups in total. The van der Waals surface area contributed by atoms with Crippen LogP contribution in [0.15, 0.2) is 0 Å². The fourth-order valence-corrected chi connectivity index (χ4v) is 1.79. The molecule has 1 rings (SSSR count). The van der Waals surface area contributed by atoms with Crippen molar-refractivity contribution >= 4 is 6.79 Å². The van der Waals surface area contributed by atoms with Gasteiger partial charge in [0.1, 0.15) is 13.0 Å². The lowest BCUT2D eigenvalue weighted by Gasteiger charge is -2.35. The first-order valence-corrected chi connectivity index (χ1v) is 5.03. The van der Waals surface area contributed by atoms with Gasteiger partial charge in [0.2, 0.25) is 0 Å². The third kappa shape index (κ3) is 4.17. The lowest BCUT2D eigenvalue weighted by Crippen LogP contribution is -2.42. The molecule has 1 aliphatic rings. The van der Waals surface area contributed by atoms with E-state index in [2.05, 4.69) is 13.8 Å². The Labute approximate surface area is 86.0 Å². The molecule has 1 heterocycles. The number of rotatable bonds is 2. The van der Waals surface area contributed by atoms with Crippen LogP contribution in [0, 0.1) is 11.8 Å². The minimum Gasteiger partial charge on any atom is -0.359 e. The van der Waals surface area contributed by atoms with Crippen molar-refractivity contribution in [1.82, 2.24) is 0 Å². The molecule has 0 aliphatic carbocycles. The minimum atomic E-state index is -0.0975. The first kappa shape index (κ1) is 13.5. The zero-order valence-corrected chi connectivity index (χ0v) is 9.11. The highest BCUT2D eigenvalue weighted by molar-refractivity contribution is 5.10. The normalized spacial score (nSPS) is 32.2. The lowest BCUT2D eigenvalue weighted by atomic mass is 9.85. The van der Waals surface area contributed by atoms with Crippen molar-refractivity contribution < 1.29 is 9.53 Å². The second-order valence-corrected chi connectivity index (χ2v) is 4.01. The van der Waals surface area contributed by atoms with Crippen LogP contribution in [0.4, 0.5) is 0 Å². The van der Waals surface area contributed by atoms with Crippen molar-refractivity contribution in [2.45, 2.75) is 39.0 Å². The van der Waals surface area contributed by atoms with Crippen LogP contribution < -0.4 is 11.5 Å². The largest absolute Gasteiger partial charge is 0.359 e. The van der Waals surface area contributed by atoms with Crippen LogP contribution in [0.25, 0.3) is 0 Å². The van der Waals surface area contributed by atoms with Gasteiger partial charge in [0.05, 0.1) is 6.10 Å². The number of ether oxygens (including phenoxy) is 1. The molecule has 0 amide bonds. The summed E-state index contributed by atoms with van der Waals surface area (Å²) in [7, 11) is 0. The van der Waals surface area contributed by atoms with Crippen LogP contribution in [0.5, 0.6) is 0 Å². The highest BCUT2D eigenvalue weighted by Gasteiger charge is 2.28. The van der Waals surface area contributed by atoms with E-state index in [9.17, 15) is 0 Å². The third-order valence-electron chi connectivity index (χ3n) is 2.67. The monoisotopic (exact) mass is 202 g/mol. The smallest absolute Gasteiger partial charge is 0.106 e. The Morgan fingerprint density at radius 2 is 2.00 bits per heavy atom. The molecule has 1 aliphatic heterocycles. The van der Waals surface area contributed by atoms with Crippen molar-refractivity contribution in [2.75, 3.05) is 6.54 Å². The van der Waals surface area contributed by atoms with Crippen LogP contribution in [-0.2, 0) is 9.53 Å². The molecule has 84 valence electrons. The third-order valence-corrected chi connectivity index (χ3v) is 2.67. The maximum atomic E-state index is 8.00. The van der Waals surface area contributed by atoms with Crippen molar-refractivity contribution in [1.29, 1.82) is 0 Å². The number of nitrogens with two attached hydrogens (primary N) is 2. The summed E-state index contributed by atoms with van der Waals surface area (Å²) < 4.78 is 5.47. The van der Waals surface area contributed by atoms with E-state index in [1.54, 1.807) is 0 Å². The number of carbonyl (C=O) groups is 1. The van der Waals surface area contributed by atoms with E-state index in [0.717, 1.165) is 12.8 Å². The Hall–Kier alpha value is -0.450. The predicted octanol–water partition coefficient (Wildman–Crippen LogP) is 0.496. The summed E-state index contributed by atoms with van der Waals surface area (Å²) in [4.78, 5) is 8.00. The van der Waals surface area contributed by atoms with Crippen LogP contribution in [0.3, 0.4) is 0 Å². The van der Waals surface area contributed by atoms with Crippen molar-refractivity contribution in [2.24, 2.45) is 23.3 Å². The molecule has 0 spiro atoms. The standard InChI is InChI=1S/C9H20N2O.CH2O/c1-6(2)7-3-8(5-10)12-9(11)4-7;1-2/h6-9H,3-5,10-11H2,1-2H3;1H2. The fourth-order valence-electron chi connectivity index (χ4n) is 1.79. The molecular weight excluding hydrogens is 180 g/mol. The molecule has 1 fully saturated rings. The van der Waals surface area contributed by atoms with Crippen LogP contribution in [-0.4, -0.2) is 25.7 Å². The van der Waals surface area contributed by atoms with Gasteiger partial charge in [-0.05, 0) is 24.7 Å². The van der Waals surface area contributed by atoms with Crippen molar-refractivity contribution in [3.8, 4) is 0 Å². The molecule has 14 heavy (non-hydrogen) atoms. The van der Waals surface area contributed by atoms with Gasteiger partial charge in [-0.1, -0.05) is 13.8 Å². The summed E-state index contributed by atoms with van der Waals surface area (Å²) >= 11 is 0. The molecule has 3 unspecified atom stereocenters. The summed E-state index contributed by atoms with van der Waals surface area (Å²) in [5, 5.41) is 0. The molecule has 0 bridgehead atoms. The van der Waals surface area contributed by atoms with E-state index in [1.165, 1.54) is 0 Å². The SMILES string of the molecule is C=O.CC(C)C1CC(N)OC(CN)C1. The molecule has 4 nitrogen and oxygen atoms in total. The number of hydrogen-bond donors (Lipinski definition) is 2. The predicted molar refractivity (Wildman–Crippen MR) is 56.6 cm³/mol. The van der Waals surface area contributed by atoms with Crippen molar-refractivity contribution in [3.63, 3.8) is 0 Å². The van der Waals surface area contributed by atoms with E-state index < -0.39 is 0 Å². The van der Waals surface area contributed by atoms with Gasteiger partial charge >= 0.3 is 0 Å². The maximum Gasteiger partial charge on any atom is 0.106 e. The lowest BCUT2D eigenvalue weighted by molar-refractivity contribution is -0.0980. The average molecular weight is 202 g/mol. The zero-order valence-electron chi connectivity index (χ0n) is 9.11. The van der Waals surface area contributed by atoms with Gasteiger partial charge in [0.25, 0.3) is 0 Å². The van der Waals surface area contributed by atoms with Gasteiger partial charge in [-0.3, -0.25) is 0 Å². The van der Waals surface area contributed by atoms with Gasteiger partial charge in [-0.15, -0.1) is 0 Å². The molecule has 1 saturated heterocycles. The second-order valence-electron chi connectivity index (χ2n) is 4.01. The molecule has 0 radical (unpaired) electrons. The Morgan fingerprint density at radius 3 is 2.43 bits per heavy atom. The number of hydrogen-bond acceptors (Lipinski definition) is 4. The average Bonchev–Trinajstić information content (AvgIpc) is 2.20. The van der Waals surface area contributed by atoms with Gasteiger partial charge in [-0.2, -0.15) is 0 Å². The summed E-state index contributed by atoms with van der Waals surface area (Å²) in [6.45, 7) is 7.06. The van der Waals surface area contributed by atoms with Crippen LogP contribution >= 0.6 is 0 Å². The summed E-state index contributed by atoms with van der Waals surface area (Å²) in [6, 6.07) is 0. The van der Waals surface area contributed by atoms with E-state index in [-0.39, 0.29) is 12.3 Å². The molecule has 0 aromatic carbocycles.